The summed E-state index contributed by atoms with van der Waals surface area (Å²) in [5, 5.41) is 8.64. The van der Waals surface area contributed by atoms with E-state index in [-0.39, 0.29) is 0 Å². The minimum absolute atomic E-state index is 0.340. The standard InChI is InChI=1S/C25H51NO2/c1-3-5-7-14-18-22-26(23-19-15-8-6-4-2)24-20-16-12-10-9-11-13-17-21-25(27)28/h3-24H2,1-2H3,(H,27,28). The summed E-state index contributed by atoms with van der Waals surface area (Å²) in [7, 11) is 0. The van der Waals surface area contributed by atoms with Gasteiger partial charge in [0.2, 0.25) is 0 Å². The lowest BCUT2D eigenvalue weighted by Crippen LogP contribution is -2.27. The van der Waals surface area contributed by atoms with Crippen LogP contribution < -0.4 is 0 Å². The molecule has 3 heteroatoms. The van der Waals surface area contributed by atoms with Crippen LogP contribution in [0.25, 0.3) is 0 Å². The van der Waals surface area contributed by atoms with Gasteiger partial charge in [-0.1, -0.05) is 104 Å². The molecule has 0 unspecified atom stereocenters. The molecule has 0 spiro atoms. The zero-order valence-electron chi connectivity index (χ0n) is 19.4. The van der Waals surface area contributed by atoms with Gasteiger partial charge in [0.25, 0.3) is 0 Å². The van der Waals surface area contributed by atoms with Gasteiger partial charge in [0.1, 0.15) is 0 Å². The van der Waals surface area contributed by atoms with Gasteiger partial charge in [0.05, 0.1) is 0 Å². The topological polar surface area (TPSA) is 40.5 Å². The third-order valence-corrected chi connectivity index (χ3v) is 5.77. The average molecular weight is 398 g/mol. The van der Waals surface area contributed by atoms with E-state index in [1.165, 1.54) is 122 Å². The SMILES string of the molecule is CCCCCCCN(CCCCCCC)CCCCCCCCCCC(=O)O. The van der Waals surface area contributed by atoms with Crippen LogP contribution in [-0.2, 0) is 4.79 Å². The Morgan fingerprint density at radius 2 is 0.857 bits per heavy atom. The van der Waals surface area contributed by atoms with E-state index in [0.29, 0.717) is 6.42 Å². The zero-order valence-corrected chi connectivity index (χ0v) is 19.4. The first-order chi connectivity index (χ1) is 13.7. The van der Waals surface area contributed by atoms with E-state index in [4.69, 9.17) is 5.11 Å². The number of aliphatic carboxylic acids is 1. The molecular formula is C25H51NO2. The maximum Gasteiger partial charge on any atom is 0.303 e. The minimum Gasteiger partial charge on any atom is -0.481 e. The lowest BCUT2D eigenvalue weighted by atomic mass is 10.1. The van der Waals surface area contributed by atoms with Crippen LogP contribution in [0, 0.1) is 0 Å². The molecule has 0 aromatic rings. The van der Waals surface area contributed by atoms with Crippen molar-refractivity contribution < 1.29 is 9.90 Å². The second-order valence-electron chi connectivity index (χ2n) is 8.64. The van der Waals surface area contributed by atoms with Crippen LogP contribution in [0.1, 0.15) is 136 Å². The van der Waals surface area contributed by atoms with Crippen LogP contribution in [0.5, 0.6) is 0 Å². The highest BCUT2D eigenvalue weighted by Gasteiger charge is 2.05. The van der Waals surface area contributed by atoms with E-state index < -0.39 is 5.97 Å². The Hall–Kier alpha value is -0.570. The lowest BCUT2D eigenvalue weighted by molar-refractivity contribution is -0.137. The second kappa shape index (κ2) is 22.7. The van der Waals surface area contributed by atoms with Crippen LogP contribution in [-0.4, -0.2) is 35.6 Å². The van der Waals surface area contributed by atoms with Crippen LogP contribution in [0.15, 0.2) is 0 Å². The van der Waals surface area contributed by atoms with Crippen LogP contribution in [0.3, 0.4) is 0 Å². The Kier molecular flexibility index (Phi) is 22.3. The summed E-state index contributed by atoms with van der Waals surface area (Å²) >= 11 is 0. The Balaban J connectivity index is 3.69. The third-order valence-electron chi connectivity index (χ3n) is 5.77. The number of hydrogen-bond acceptors (Lipinski definition) is 2. The second-order valence-corrected chi connectivity index (χ2v) is 8.64. The van der Waals surface area contributed by atoms with Crippen molar-refractivity contribution in [3.63, 3.8) is 0 Å². The van der Waals surface area contributed by atoms with E-state index in [1.807, 2.05) is 0 Å². The Morgan fingerprint density at radius 1 is 0.536 bits per heavy atom. The normalized spacial score (nSPS) is 11.4. The van der Waals surface area contributed by atoms with E-state index in [1.54, 1.807) is 0 Å². The fourth-order valence-corrected chi connectivity index (χ4v) is 3.89. The van der Waals surface area contributed by atoms with Gasteiger partial charge in [-0.15, -0.1) is 0 Å². The van der Waals surface area contributed by atoms with Gasteiger partial charge >= 0.3 is 5.97 Å². The molecule has 3 nitrogen and oxygen atoms in total. The number of carbonyl (C=O) groups is 1. The molecule has 0 saturated carbocycles. The number of carboxylic acid groups (broad SMARTS) is 1. The molecule has 0 bridgehead atoms. The summed E-state index contributed by atoms with van der Waals surface area (Å²) in [6.07, 6.45) is 24.0. The summed E-state index contributed by atoms with van der Waals surface area (Å²) in [6, 6.07) is 0. The van der Waals surface area contributed by atoms with E-state index in [2.05, 4.69) is 18.7 Å². The molecular weight excluding hydrogens is 346 g/mol. The maximum absolute atomic E-state index is 10.5. The fourth-order valence-electron chi connectivity index (χ4n) is 3.89. The smallest absolute Gasteiger partial charge is 0.303 e. The van der Waals surface area contributed by atoms with Crippen molar-refractivity contribution in [3.8, 4) is 0 Å². The van der Waals surface area contributed by atoms with Gasteiger partial charge in [-0.25, -0.2) is 0 Å². The number of unbranched alkanes of at least 4 members (excludes halogenated alkanes) is 15. The highest BCUT2D eigenvalue weighted by Crippen LogP contribution is 2.12. The molecule has 0 atom stereocenters. The molecule has 0 aliphatic carbocycles. The number of nitrogens with zero attached hydrogens (tertiary/aromatic N) is 1. The Morgan fingerprint density at radius 3 is 1.21 bits per heavy atom. The largest absolute Gasteiger partial charge is 0.481 e. The molecule has 0 aliphatic rings. The summed E-state index contributed by atoms with van der Waals surface area (Å²) in [6.45, 7) is 8.49. The van der Waals surface area contributed by atoms with Gasteiger partial charge in [0.15, 0.2) is 0 Å². The van der Waals surface area contributed by atoms with Gasteiger partial charge in [0, 0.05) is 6.42 Å². The fraction of sp³-hybridized carbons (Fsp3) is 0.960. The Bertz CT molecular complexity index is 306. The summed E-state index contributed by atoms with van der Waals surface area (Å²) in [4.78, 5) is 13.2. The van der Waals surface area contributed by atoms with Crippen molar-refractivity contribution in [1.82, 2.24) is 4.90 Å². The molecule has 0 fully saturated rings. The average Bonchev–Trinajstić information content (AvgIpc) is 2.68. The highest BCUT2D eigenvalue weighted by molar-refractivity contribution is 5.66. The van der Waals surface area contributed by atoms with Crippen molar-refractivity contribution in [2.45, 2.75) is 136 Å². The summed E-state index contributed by atoms with van der Waals surface area (Å²) in [5.41, 5.74) is 0. The van der Waals surface area contributed by atoms with Crippen molar-refractivity contribution in [2.75, 3.05) is 19.6 Å². The number of carboxylic acids is 1. The first-order valence-electron chi connectivity index (χ1n) is 12.6. The van der Waals surface area contributed by atoms with Crippen molar-refractivity contribution in [3.05, 3.63) is 0 Å². The molecule has 0 saturated heterocycles. The molecule has 0 aromatic heterocycles. The maximum atomic E-state index is 10.5. The van der Waals surface area contributed by atoms with E-state index in [0.717, 1.165) is 12.8 Å². The lowest BCUT2D eigenvalue weighted by Gasteiger charge is -2.22. The van der Waals surface area contributed by atoms with Crippen LogP contribution in [0.2, 0.25) is 0 Å². The van der Waals surface area contributed by atoms with E-state index in [9.17, 15) is 4.79 Å². The van der Waals surface area contributed by atoms with Gasteiger partial charge in [-0.3, -0.25) is 4.79 Å². The summed E-state index contributed by atoms with van der Waals surface area (Å²) < 4.78 is 0. The predicted octanol–water partition coefficient (Wildman–Crippen LogP) is 7.82. The third kappa shape index (κ3) is 21.7. The van der Waals surface area contributed by atoms with E-state index >= 15 is 0 Å². The zero-order chi connectivity index (χ0) is 20.7. The quantitative estimate of drug-likeness (QED) is 0.179. The van der Waals surface area contributed by atoms with Gasteiger partial charge in [-0.2, -0.15) is 0 Å². The molecule has 0 aliphatic heterocycles. The van der Waals surface area contributed by atoms with Crippen LogP contribution in [0.4, 0.5) is 0 Å². The molecule has 0 rings (SSSR count). The van der Waals surface area contributed by atoms with Gasteiger partial charge < -0.3 is 10.0 Å². The van der Waals surface area contributed by atoms with Gasteiger partial charge in [-0.05, 0) is 45.3 Å². The van der Waals surface area contributed by atoms with Crippen molar-refractivity contribution in [2.24, 2.45) is 0 Å². The monoisotopic (exact) mass is 397 g/mol. The molecule has 0 radical (unpaired) electrons. The van der Waals surface area contributed by atoms with Crippen molar-refractivity contribution in [1.29, 1.82) is 0 Å². The molecule has 0 heterocycles. The Labute approximate surface area is 176 Å². The first kappa shape index (κ1) is 27.4. The highest BCUT2D eigenvalue weighted by atomic mass is 16.4. The summed E-state index contributed by atoms with van der Waals surface area (Å²) in [5.74, 6) is -0.653. The minimum atomic E-state index is -0.653. The molecule has 28 heavy (non-hydrogen) atoms. The van der Waals surface area contributed by atoms with Crippen LogP contribution >= 0.6 is 0 Å². The first-order valence-corrected chi connectivity index (χ1v) is 12.6. The van der Waals surface area contributed by atoms with Crippen molar-refractivity contribution >= 4 is 5.97 Å². The number of hydrogen-bond donors (Lipinski definition) is 1. The number of rotatable bonds is 23. The molecule has 1 N–H and O–H groups in total. The molecule has 0 aromatic carbocycles. The predicted molar refractivity (Wildman–Crippen MR) is 123 cm³/mol. The molecule has 168 valence electrons. The molecule has 0 amide bonds.